The monoisotopic (exact) mass is 247 g/mol. The zero-order chi connectivity index (χ0) is 13.4. The minimum Gasteiger partial charge on any atom is -0.346 e. The summed E-state index contributed by atoms with van der Waals surface area (Å²) in [6.07, 6.45) is 4.83. The fourth-order valence-electron chi connectivity index (χ4n) is 1.91. The third-order valence-corrected chi connectivity index (χ3v) is 3.25. The number of rotatable bonds is 7. The molecule has 0 atom stereocenters. The summed E-state index contributed by atoms with van der Waals surface area (Å²) in [4.78, 5) is 13.7. The van der Waals surface area contributed by atoms with Crippen molar-refractivity contribution in [2.75, 3.05) is 13.6 Å². The zero-order valence-electron chi connectivity index (χ0n) is 11.9. The molecule has 1 aromatic carbocycles. The minimum absolute atomic E-state index is 0.274. The van der Waals surface area contributed by atoms with E-state index >= 15 is 0 Å². The first kappa shape index (κ1) is 14.7. The molecule has 0 saturated carbocycles. The number of carbonyl (C=O) groups is 1. The van der Waals surface area contributed by atoms with Gasteiger partial charge in [-0.1, -0.05) is 43.2 Å². The standard InChI is InChI=1S/C16H25NO/c1-4-5-13-17(3)16(18)8-6-7-15-11-9-14(2)10-12-15/h9-12H,4-8,13H2,1-3H3. The first-order valence-corrected chi connectivity index (χ1v) is 6.93. The van der Waals surface area contributed by atoms with Crippen LogP contribution < -0.4 is 0 Å². The van der Waals surface area contributed by atoms with Crippen molar-refractivity contribution < 1.29 is 4.79 Å². The van der Waals surface area contributed by atoms with Gasteiger partial charge in [0, 0.05) is 20.0 Å². The summed E-state index contributed by atoms with van der Waals surface area (Å²) in [5.41, 5.74) is 2.61. The maximum atomic E-state index is 11.8. The molecule has 0 spiro atoms. The van der Waals surface area contributed by atoms with E-state index < -0.39 is 0 Å². The van der Waals surface area contributed by atoms with Crippen molar-refractivity contribution in [3.05, 3.63) is 35.4 Å². The number of aryl methyl sites for hydroxylation is 2. The Bertz CT molecular complexity index is 356. The number of carbonyl (C=O) groups excluding carboxylic acids is 1. The van der Waals surface area contributed by atoms with Crippen molar-refractivity contribution in [3.8, 4) is 0 Å². The Morgan fingerprint density at radius 3 is 2.44 bits per heavy atom. The fourth-order valence-corrected chi connectivity index (χ4v) is 1.91. The van der Waals surface area contributed by atoms with Crippen LogP contribution in [0, 0.1) is 6.92 Å². The molecule has 1 aromatic rings. The van der Waals surface area contributed by atoms with Crippen LogP contribution in [0.4, 0.5) is 0 Å². The lowest BCUT2D eigenvalue weighted by atomic mass is 10.1. The van der Waals surface area contributed by atoms with E-state index in [1.807, 2.05) is 11.9 Å². The Morgan fingerprint density at radius 1 is 1.17 bits per heavy atom. The molecule has 1 amide bonds. The number of unbranched alkanes of at least 4 members (excludes halogenated alkanes) is 1. The number of benzene rings is 1. The van der Waals surface area contributed by atoms with E-state index in [0.29, 0.717) is 6.42 Å². The average Bonchev–Trinajstić information content (AvgIpc) is 2.38. The van der Waals surface area contributed by atoms with Crippen LogP contribution in [0.1, 0.15) is 43.7 Å². The first-order chi connectivity index (χ1) is 8.63. The fraction of sp³-hybridized carbons (Fsp3) is 0.562. The van der Waals surface area contributed by atoms with Crippen molar-refractivity contribution in [3.63, 3.8) is 0 Å². The molecule has 0 saturated heterocycles. The maximum Gasteiger partial charge on any atom is 0.222 e. The summed E-state index contributed by atoms with van der Waals surface area (Å²) in [5, 5.41) is 0. The number of amides is 1. The van der Waals surface area contributed by atoms with Gasteiger partial charge in [-0.05, 0) is 31.7 Å². The molecule has 2 nitrogen and oxygen atoms in total. The lowest BCUT2D eigenvalue weighted by Gasteiger charge is -2.16. The number of hydrogen-bond acceptors (Lipinski definition) is 1. The molecule has 0 fully saturated rings. The molecular formula is C16H25NO. The molecule has 1 rings (SSSR count). The molecule has 0 aliphatic rings. The molecule has 0 aliphatic carbocycles. The predicted molar refractivity (Wildman–Crippen MR) is 76.7 cm³/mol. The van der Waals surface area contributed by atoms with E-state index in [-0.39, 0.29) is 5.91 Å². The van der Waals surface area contributed by atoms with E-state index in [1.54, 1.807) is 0 Å². The molecule has 0 N–H and O–H groups in total. The zero-order valence-corrected chi connectivity index (χ0v) is 11.9. The highest BCUT2D eigenvalue weighted by molar-refractivity contribution is 5.75. The van der Waals surface area contributed by atoms with Gasteiger partial charge in [-0.25, -0.2) is 0 Å². The normalized spacial score (nSPS) is 10.4. The molecular weight excluding hydrogens is 222 g/mol. The minimum atomic E-state index is 0.274. The van der Waals surface area contributed by atoms with Crippen LogP contribution >= 0.6 is 0 Å². The number of hydrogen-bond donors (Lipinski definition) is 0. The Labute approximate surface area is 111 Å². The van der Waals surface area contributed by atoms with Crippen molar-refractivity contribution >= 4 is 5.91 Å². The SMILES string of the molecule is CCCCN(C)C(=O)CCCc1ccc(C)cc1. The highest BCUT2D eigenvalue weighted by Gasteiger charge is 2.07. The van der Waals surface area contributed by atoms with Crippen LogP contribution in [0.2, 0.25) is 0 Å². The Balaban J connectivity index is 2.24. The summed E-state index contributed by atoms with van der Waals surface area (Å²) in [5.74, 6) is 0.274. The molecule has 100 valence electrons. The maximum absolute atomic E-state index is 11.8. The van der Waals surface area contributed by atoms with Gasteiger partial charge < -0.3 is 4.90 Å². The van der Waals surface area contributed by atoms with E-state index in [9.17, 15) is 4.79 Å². The first-order valence-electron chi connectivity index (χ1n) is 6.93. The summed E-state index contributed by atoms with van der Waals surface area (Å²) in [6.45, 7) is 5.13. The third-order valence-electron chi connectivity index (χ3n) is 3.25. The Kier molecular flexibility index (Phi) is 6.48. The smallest absolute Gasteiger partial charge is 0.222 e. The quantitative estimate of drug-likeness (QED) is 0.721. The van der Waals surface area contributed by atoms with E-state index in [1.165, 1.54) is 11.1 Å². The van der Waals surface area contributed by atoms with Gasteiger partial charge in [0.05, 0.1) is 0 Å². The molecule has 0 aliphatic heterocycles. The second-order valence-electron chi connectivity index (χ2n) is 5.01. The van der Waals surface area contributed by atoms with Gasteiger partial charge in [-0.2, -0.15) is 0 Å². The highest BCUT2D eigenvalue weighted by atomic mass is 16.2. The molecule has 2 heteroatoms. The van der Waals surface area contributed by atoms with E-state index in [0.717, 1.165) is 32.2 Å². The Morgan fingerprint density at radius 2 is 1.83 bits per heavy atom. The van der Waals surface area contributed by atoms with Crippen LogP contribution in [0.15, 0.2) is 24.3 Å². The second-order valence-corrected chi connectivity index (χ2v) is 5.01. The molecule has 18 heavy (non-hydrogen) atoms. The lowest BCUT2D eigenvalue weighted by Crippen LogP contribution is -2.27. The Hall–Kier alpha value is -1.31. The van der Waals surface area contributed by atoms with Gasteiger partial charge in [-0.3, -0.25) is 4.79 Å². The summed E-state index contributed by atoms with van der Waals surface area (Å²) in [6, 6.07) is 8.57. The van der Waals surface area contributed by atoms with Crippen LogP contribution in [-0.4, -0.2) is 24.4 Å². The van der Waals surface area contributed by atoms with Crippen LogP contribution in [0.5, 0.6) is 0 Å². The van der Waals surface area contributed by atoms with Crippen LogP contribution in [0.3, 0.4) is 0 Å². The molecule has 0 radical (unpaired) electrons. The van der Waals surface area contributed by atoms with E-state index in [2.05, 4.69) is 38.1 Å². The highest BCUT2D eigenvalue weighted by Crippen LogP contribution is 2.08. The van der Waals surface area contributed by atoms with Crippen molar-refractivity contribution in [2.24, 2.45) is 0 Å². The predicted octanol–water partition coefficient (Wildman–Crippen LogP) is 3.58. The summed E-state index contributed by atoms with van der Waals surface area (Å²) in [7, 11) is 1.91. The molecule has 0 heterocycles. The van der Waals surface area contributed by atoms with Gasteiger partial charge in [0.15, 0.2) is 0 Å². The molecule has 0 bridgehead atoms. The number of nitrogens with zero attached hydrogens (tertiary/aromatic N) is 1. The van der Waals surface area contributed by atoms with Crippen molar-refractivity contribution in [2.45, 2.75) is 46.0 Å². The van der Waals surface area contributed by atoms with Crippen LogP contribution in [-0.2, 0) is 11.2 Å². The van der Waals surface area contributed by atoms with Gasteiger partial charge >= 0.3 is 0 Å². The van der Waals surface area contributed by atoms with Crippen molar-refractivity contribution in [1.82, 2.24) is 4.90 Å². The third kappa shape index (κ3) is 5.35. The largest absolute Gasteiger partial charge is 0.346 e. The summed E-state index contributed by atoms with van der Waals surface area (Å²) < 4.78 is 0. The molecule has 0 aromatic heterocycles. The molecule has 0 unspecified atom stereocenters. The van der Waals surface area contributed by atoms with E-state index in [4.69, 9.17) is 0 Å². The van der Waals surface area contributed by atoms with Gasteiger partial charge in [0.1, 0.15) is 0 Å². The van der Waals surface area contributed by atoms with Gasteiger partial charge in [0.25, 0.3) is 0 Å². The van der Waals surface area contributed by atoms with Gasteiger partial charge in [-0.15, -0.1) is 0 Å². The van der Waals surface area contributed by atoms with Crippen molar-refractivity contribution in [1.29, 1.82) is 0 Å². The second kappa shape index (κ2) is 7.91. The van der Waals surface area contributed by atoms with Gasteiger partial charge in [0.2, 0.25) is 5.91 Å². The lowest BCUT2D eigenvalue weighted by molar-refractivity contribution is -0.130. The topological polar surface area (TPSA) is 20.3 Å². The van der Waals surface area contributed by atoms with Crippen LogP contribution in [0.25, 0.3) is 0 Å². The average molecular weight is 247 g/mol. The summed E-state index contributed by atoms with van der Waals surface area (Å²) >= 11 is 0.